The molecule has 0 saturated carbocycles. The van der Waals surface area contributed by atoms with Crippen LogP contribution in [0.4, 0.5) is 11.5 Å². The number of benzene rings is 1. The maximum absolute atomic E-state index is 12.5. The first-order valence-corrected chi connectivity index (χ1v) is 7.75. The second-order valence-corrected chi connectivity index (χ2v) is 5.60. The van der Waals surface area contributed by atoms with Crippen LogP contribution in [0.5, 0.6) is 0 Å². The summed E-state index contributed by atoms with van der Waals surface area (Å²) in [7, 11) is 0. The van der Waals surface area contributed by atoms with Crippen molar-refractivity contribution >= 4 is 29.0 Å². The van der Waals surface area contributed by atoms with Crippen LogP contribution < -0.4 is 5.32 Å². The van der Waals surface area contributed by atoms with Gasteiger partial charge in [-0.05, 0) is 19.1 Å². The van der Waals surface area contributed by atoms with Gasteiger partial charge in [-0.25, -0.2) is 9.97 Å². The van der Waals surface area contributed by atoms with Crippen LogP contribution in [-0.4, -0.2) is 47.1 Å². The fourth-order valence-electron chi connectivity index (χ4n) is 2.37. The Hall–Kier alpha value is -2.18. The number of carbonyl (C=O) groups excluding carboxylic acids is 1. The third-order valence-electron chi connectivity index (χ3n) is 3.49. The maximum atomic E-state index is 12.5. The number of morpholine rings is 1. The summed E-state index contributed by atoms with van der Waals surface area (Å²) in [6.45, 7) is 4.03. The molecule has 23 heavy (non-hydrogen) atoms. The Kier molecular flexibility index (Phi) is 4.73. The molecule has 1 aromatic heterocycles. The number of ether oxygens (including phenoxy) is 1. The molecule has 1 amide bonds. The van der Waals surface area contributed by atoms with Gasteiger partial charge in [0.05, 0.1) is 23.9 Å². The largest absolute Gasteiger partial charge is 0.378 e. The fourth-order valence-corrected chi connectivity index (χ4v) is 2.55. The standard InChI is InChI=1S/C16H17ClN4O2/c1-11-18-14(16(22)21-6-8-23-9-7-21)10-15(19-11)20-13-5-3-2-4-12(13)17/h2-5,10H,6-9H2,1H3,(H,18,19,20). The molecule has 0 aliphatic carbocycles. The topological polar surface area (TPSA) is 67.4 Å². The van der Waals surface area contributed by atoms with Crippen LogP contribution in [0, 0.1) is 6.92 Å². The quantitative estimate of drug-likeness (QED) is 0.936. The molecule has 0 spiro atoms. The molecule has 7 heteroatoms. The minimum absolute atomic E-state index is 0.110. The molecule has 120 valence electrons. The van der Waals surface area contributed by atoms with Crippen molar-refractivity contribution in [1.82, 2.24) is 14.9 Å². The summed E-state index contributed by atoms with van der Waals surface area (Å²) in [5, 5.41) is 3.72. The van der Waals surface area contributed by atoms with Crippen molar-refractivity contribution < 1.29 is 9.53 Å². The number of para-hydroxylation sites is 1. The van der Waals surface area contributed by atoms with E-state index in [1.165, 1.54) is 0 Å². The van der Waals surface area contributed by atoms with Crippen LogP contribution in [0.15, 0.2) is 30.3 Å². The summed E-state index contributed by atoms with van der Waals surface area (Å²) in [6.07, 6.45) is 0. The normalized spacial score (nSPS) is 14.6. The predicted molar refractivity (Wildman–Crippen MR) is 88.2 cm³/mol. The van der Waals surface area contributed by atoms with E-state index in [4.69, 9.17) is 16.3 Å². The summed E-state index contributed by atoms with van der Waals surface area (Å²) in [5.41, 5.74) is 1.10. The molecule has 1 saturated heterocycles. The summed E-state index contributed by atoms with van der Waals surface area (Å²) >= 11 is 6.14. The van der Waals surface area contributed by atoms with Crippen molar-refractivity contribution in [1.29, 1.82) is 0 Å². The molecule has 2 aromatic rings. The maximum Gasteiger partial charge on any atom is 0.272 e. The molecule has 6 nitrogen and oxygen atoms in total. The van der Waals surface area contributed by atoms with Gasteiger partial charge in [-0.15, -0.1) is 0 Å². The lowest BCUT2D eigenvalue weighted by Crippen LogP contribution is -2.41. The van der Waals surface area contributed by atoms with E-state index in [2.05, 4.69) is 15.3 Å². The van der Waals surface area contributed by atoms with Gasteiger partial charge in [0.25, 0.3) is 5.91 Å². The number of hydrogen-bond donors (Lipinski definition) is 1. The van der Waals surface area contributed by atoms with Crippen molar-refractivity contribution in [3.63, 3.8) is 0 Å². The van der Waals surface area contributed by atoms with Crippen LogP contribution in [0.1, 0.15) is 16.3 Å². The molecule has 0 bridgehead atoms. The molecular formula is C16H17ClN4O2. The Morgan fingerprint density at radius 1 is 1.26 bits per heavy atom. The molecule has 0 atom stereocenters. The summed E-state index contributed by atoms with van der Waals surface area (Å²) in [6, 6.07) is 9.02. The van der Waals surface area contributed by atoms with Gasteiger partial charge in [0.2, 0.25) is 0 Å². The van der Waals surface area contributed by atoms with Gasteiger partial charge in [-0.3, -0.25) is 4.79 Å². The number of rotatable bonds is 3. The van der Waals surface area contributed by atoms with Gasteiger partial charge in [0, 0.05) is 19.2 Å². The Labute approximate surface area is 139 Å². The van der Waals surface area contributed by atoms with Gasteiger partial charge in [0.1, 0.15) is 17.3 Å². The van der Waals surface area contributed by atoms with E-state index in [9.17, 15) is 4.79 Å². The number of nitrogens with one attached hydrogen (secondary N) is 1. The lowest BCUT2D eigenvalue weighted by molar-refractivity contribution is 0.0299. The van der Waals surface area contributed by atoms with E-state index in [-0.39, 0.29) is 5.91 Å². The predicted octanol–water partition coefficient (Wildman–Crippen LogP) is 2.65. The lowest BCUT2D eigenvalue weighted by atomic mass is 10.3. The Balaban J connectivity index is 1.84. The first kappa shape index (κ1) is 15.7. The van der Waals surface area contributed by atoms with E-state index in [0.29, 0.717) is 48.7 Å². The molecule has 1 aliphatic rings. The third-order valence-corrected chi connectivity index (χ3v) is 3.82. The lowest BCUT2D eigenvalue weighted by Gasteiger charge is -2.26. The SMILES string of the molecule is Cc1nc(Nc2ccccc2Cl)cc(C(=O)N2CCOCC2)n1. The molecule has 1 aromatic carbocycles. The molecule has 0 radical (unpaired) electrons. The summed E-state index contributed by atoms with van der Waals surface area (Å²) < 4.78 is 5.27. The first-order chi connectivity index (χ1) is 11.1. The first-order valence-electron chi connectivity index (χ1n) is 7.38. The second kappa shape index (κ2) is 6.93. The Morgan fingerprint density at radius 3 is 2.74 bits per heavy atom. The molecule has 1 fully saturated rings. The van der Waals surface area contributed by atoms with Gasteiger partial charge < -0.3 is 15.0 Å². The number of aromatic nitrogens is 2. The molecule has 1 aliphatic heterocycles. The minimum atomic E-state index is -0.110. The second-order valence-electron chi connectivity index (χ2n) is 5.20. The van der Waals surface area contributed by atoms with Gasteiger partial charge in [0.15, 0.2) is 0 Å². The number of nitrogens with zero attached hydrogens (tertiary/aromatic N) is 3. The van der Waals surface area contributed by atoms with Crippen molar-refractivity contribution in [2.75, 3.05) is 31.6 Å². The van der Waals surface area contributed by atoms with E-state index >= 15 is 0 Å². The Bertz CT molecular complexity index is 717. The smallest absolute Gasteiger partial charge is 0.272 e. The van der Waals surface area contributed by atoms with Gasteiger partial charge in [-0.1, -0.05) is 23.7 Å². The number of carbonyl (C=O) groups is 1. The molecule has 1 N–H and O–H groups in total. The number of amides is 1. The van der Waals surface area contributed by atoms with Gasteiger partial charge >= 0.3 is 0 Å². The highest BCUT2D eigenvalue weighted by molar-refractivity contribution is 6.33. The fraction of sp³-hybridized carbons (Fsp3) is 0.312. The highest BCUT2D eigenvalue weighted by Gasteiger charge is 2.20. The average Bonchev–Trinajstić information content (AvgIpc) is 2.56. The van der Waals surface area contributed by atoms with E-state index < -0.39 is 0 Å². The van der Waals surface area contributed by atoms with E-state index in [1.54, 1.807) is 24.0 Å². The Morgan fingerprint density at radius 2 is 2.00 bits per heavy atom. The monoisotopic (exact) mass is 332 g/mol. The molecule has 0 unspecified atom stereocenters. The van der Waals surface area contributed by atoms with Crippen LogP contribution in [0.3, 0.4) is 0 Å². The van der Waals surface area contributed by atoms with Crippen LogP contribution >= 0.6 is 11.6 Å². The molecule has 2 heterocycles. The number of hydrogen-bond acceptors (Lipinski definition) is 5. The van der Waals surface area contributed by atoms with Crippen molar-refractivity contribution in [2.24, 2.45) is 0 Å². The minimum Gasteiger partial charge on any atom is -0.378 e. The number of anilines is 2. The number of aryl methyl sites for hydroxylation is 1. The zero-order valence-corrected chi connectivity index (χ0v) is 13.5. The zero-order valence-electron chi connectivity index (χ0n) is 12.8. The molecule has 3 rings (SSSR count). The van der Waals surface area contributed by atoms with Crippen LogP contribution in [-0.2, 0) is 4.74 Å². The average molecular weight is 333 g/mol. The highest BCUT2D eigenvalue weighted by Crippen LogP contribution is 2.24. The van der Waals surface area contributed by atoms with E-state index in [1.807, 2.05) is 18.2 Å². The van der Waals surface area contributed by atoms with E-state index in [0.717, 1.165) is 5.69 Å². The molecular weight excluding hydrogens is 316 g/mol. The van der Waals surface area contributed by atoms with Crippen LogP contribution in [0.25, 0.3) is 0 Å². The van der Waals surface area contributed by atoms with Crippen molar-refractivity contribution in [2.45, 2.75) is 6.92 Å². The number of halogens is 1. The van der Waals surface area contributed by atoms with Crippen molar-refractivity contribution in [3.8, 4) is 0 Å². The van der Waals surface area contributed by atoms with Gasteiger partial charge in [-0.2, -0.15) is 0 Å². The summed E-state index contributed by atoms with van der Waals surface area (Å²) in [5.74, 6) is 0.960. The summed E-state index contributed by atoms with van der Waals surface area (Å²) in [4.78, 5) is 22.9. The third kappa shape index (κ3) is 3.78. The van der Waals surface area contributed by atoms with Crippen molar-refractivity contribution in [3.05, 3.63) is 46.9 Å². The highest BCUT2D eigenvalue weighted by atomic mass is 35.5. The zero-order chi connectivity index (χ0) is 16.2. The van der Waals surface area contributed by atoms with Crippen LogP contribution in [0.2, 0.25) is 5.02 Å².